The van der Waals surface area contributed by atoms with Crippen LogP contribution in [0.3, 0.4) is 0 Å². The van der Waals surface area contributed by atoms with Gasteiger partial charge in [-0.15, -0.1) is 0 Å². The molecule has 0 bridgehead atoms. The van der Waals surface area contributed by atoms with Crippen molar-refractivity contribution in [3.05, 3.63) is 47.9 Å². The fraction of sp³-hybridized carbons (Fsp3) is 0.333. The minimum Gasteiger partial charge on any atom is -0.497 e. The van der Waals surface area contributed by atoms with Crippen LogP contribution in [-0.2, 0) is 6.54 Å². The molecule has 19 heavy (non-hydrogen) atoms. The van der Waals surface area contributed by atoms with Crippen LogP contribution in [0.2, 0.25) is 0 Å². The van der Waals surface area contributed by atoms with Gasteiger partial charge in [-0.3, -0.25) is 0 Å². The maximum atomic E-state index is 5.17. The minimum atomic E-state index is 0.830. The highest BCUT2D eigenvalue weighted by atomic mass is 16.5. The summed E-state index contributed by atoms with van der Waals surface area (Å²) in [6.07, 6.45) is 1.61. The Labute approximate surface area is 114 Å². The molecule has 0 saturated carbocycles. The lowest BCUT2D eigenvalue weighted by atomic mass is 10.2. The molecule has 2 aromatic rings. The normalized spacial score (nSPS) is 10.3. The Kier molecular flexibility index (Phi) is 4.34. The number of hydrogen-bond acceptors (Lipinski definition) is 4. The summed E-state index contributed by atoms with van der Waals surface area (Å²) in [5.74, 6) is 1.84. The Morgan fingerprint density at radius 2 is 1.89 bits per heavy atom. The molecule has 0 radical (unpaired) electrons. The molecule has 100 valence electrons. The first-order valence-corrected chi connectivity index (χ1v) is 6.39. The lowest BCUT2D eigenvalue weighted by Crippen LogP contribution is -2.23. The van der Waals surface area contributed by atoms with E-state index in [1.807, 2.05) is 25.1 Å². The van der Waals surface area contributed by atoms with Gasteiger partial charge in [0, 0.05) is 24.8 Å². The van der Waals surface area contributed by atoms with E-state index in [1.165, 1.54) is 5.56 Å². The first-order chi connectivity index (χ1) is 9.22. The van der Waals surface area contributed by atoms with Crippen LogP contribution in [0.25, 0.3) is 0 Å². The largest absolute Gasteiger partial charge is 0.497 e. The van der Waals surface area contributed by atoms with Crippen LogP contribution in [0.5, 0.6) is 5.75 Å². The molecule has 2 rings (SSSR count). The summed E-state index contributed by atoms with van der Waals surface area (Å²) in [6.45, 7) is 5.84. The standard InChI is InChI=1S/C15H19N3O/c1-4-18(15-9-12(2)16-11-17-15)10-13-5-7-14(19-3)8-6-13/h5-9,11H,4,10H2,1-3H3. The topological polar surface area (TPSA) is 38.2 Å². The van der Waals surface area contributed by atoms with Gasteiger partial charge in [-0.05, 0) is 31.5 Å². The Morgan fingerprint density at radius 3 is 2.47 bits per heavy atom. The SMILES string of the molecule is CCN(Cc1ccc(OC)cc1)c1cc(C)ncn1. The fourth-order valence-corrected chi connectivity index (χ4v) is 1.92. The molecule has 0 N–H and O–H groups in total. The molecule has 0 atom stereocenters. The molecular weight excluding hydrogens is 238 g/mol. The van der Waals surface area contributed by atoms with Gasteiger partial charge < -0.3 is 9.64 Å². The zero-order valence-corrected chi connectivity index (χ0v) is 11.6. The molecule has 0 saturated heterocycles. The third kappa shape index (κ3) is 3.44. The van der Waals surface area contributed by atoms with Gasteiger partial charge in [0.25, 0.3) is 0 Å². The zero-order valence-electron chi connectivity index (χ0n) is 11.6. The first-order valence-electron chi connectivity index (χ1n) is 6.39. The molecule has 4 heteroatoms. The van der Waals surface area contributed by atoms with Crippen LogP contribution in [0.15, 0.2) is 36.7 Å². The Bertz CT molecular complexity index is 525. The second-order valence-corrected chi connectivity index (χ2v) is 4.38. The number of methoxy groups -OCH3 is 1. The van der Waals surface area contributed by atoms with Crippen molar-refractivity contribution in [2.75, 3.05) is 18.6 Å². The van der Waals surface area contributed by atoms with Crippen molar-refractivity contribution in [3.8, 4) is 5.75 Å². The second kappa shape index (κ2) is 6.18. The summed E-state index contributed by atoms with van der Waals surface area (Å²) in [5.41, 5.74) is 2.22. The van der Waals surface area contributed by atoms with E-state index in [-0.39, 0.29) is 0 Å². The van der Waals surface area contributed by atoms with E-state index < -0.39 is 0 Å². The summed E-state index contributed by atoms with van der Waals surface area (Å²) in [4.78, 5) is 10.7. The summed E-state index contributed by atoms with van der Waals surface area (Å²) in [5, 5.41) is 0. The first kappa shape index (κ1) is 13.3. The van der Waals surface area contributed by atoms with Crippen molar-refractivity contribution < 1.29 is 4.74 Å². The third-order valence-electron chi connectivity index (χ3n) is 3.03. The van der Waals surface area contributed by atoms with E-state index in [9.17, 15) is 0 Å². The number of rotatable bonds is 5. The van der Waals surface area contributed by atoms with Crippen molar-refractivity contribution in [2.24, 2.45) is 0 Å². The molecule has 1 aromatic heterocycles. The van der Waals surface area contributed by atoms with Gasteiger partial charge in [0.05, 0.1) is 7.11 Å². The smallest absolute Gasteiger partial charge is 0.132 e. The quantitative estimate of drug-likeness (QED) is 0.825. The van der Waals surface area contributed by atoms with Gasteiger partial charge in [0.15, 0.2) is 0 Å². The maximum Gasteiger partial charge on any atom is 0.132 e. The van der Waals surface area contributed by atoms with Crippen LogP contribution in [0.4, 0.5) is 5.82 Å². The van der Waals surface area contributed by atoms with Gasteiger partial charge in [0.2, 0.25) is 0 Å². The number of ether oxygens (including phenoxy) is 1. The Balaban J connectivity index is 2.14. The molecule has 1 aromatic carbocycles. The van der Waals surface area contributed by atoms with Gasteiger partial charge in [0.1, 0.15) is 17.9 Å². The molecule has 0 unspecified atom stereocenters. The highest BCUT2D eigenvalue weighted by Crippen LogP contribution is 2.17. The van der Waals surface area contributed by atoms with Crippen molar-refractivity contribution in [1.82, 2.24) is 9.97 Å². The predicted molar refractivity (Wildman–Crippen MR) is 76.5 cm³/mol. The van der Waals surface area contributed by atoms with Crippen LogP contribution in [0.1, 0.15) is 18.2 Å². The van der Waals surface area contributed by atoms with Gasteiger partial charge in [-0.1, -0.05) is 12.1 Å². The Hall–Kier alpha value is -2.10. The lowest BCUT2D eigenvalue weighted by Gasteiger charge is -2.22. The summed E-state index contributed by atoms with van der Waals surface area (Å²) >= 11 is 0. The van der Waals surface area contributed by atoms with Gasteiger partial charge in [-0.2, -0.15) is 0 Å². The van der Waals surface area contributed by atoms with E-state index in [0.717, 1.165) is 30.4 Å². The average Bonchev–Trinajstić information content (AvgIpc) is 2.45. The van der Waals surface area contributed by atoms with E-state index in [0.29, 0.717) is 0 Å². The molecule has 0 aliphatic heterocycles. The fourth-order valence-electron chi connectivity index (χ4n) is 1.92. The summed E-state index contributed by atoms with van der Waals surface area (Å²) in [6, 6.07) is 10.1. The number of aryl methyl sites for hydroxylation is 1. The number of hydrogen-bond donors (Lipinski definition) is 0. The lowest BCUT2D eigenvalue weighted by molar-refractivity contribution is 0.414. The van der Waals surface area contributed by atoms with Crippen molar-refractivity contribution >= 4 is 5.82 Å². The van der Waals surface area contributed by atoms with Gasteiger partial charge in [-0.25, -0.2) is 9.97 Å². The molecule has 0 spiro atoms. The van der Waals surface area contributed by atoms with E-state index in [1.54, 1.807) is 13.4 Å². The van der Waals surface area contributed by atoms with Gasteiger partial charge >= 0.3 is 0 Å². The summed E-state index contributed by atoms with van der Waals surface area (Å²) in [7, 11) is 1.68. The zero-order chi connectivity index (χ0) is 13.7. The second-order valence-electron chi connectivity index (χ2n) is 4.38. The number of anilines is 1. The van der Waals surface area contributed by atoms with E-state index >= 15 is 0 Å². The molecule has 4 nitrogen and oxygen atoms in total. The molecule has 1 heterocycles. The Morgan fingerprint density at radius 1 is 1.16 bits per heavy atom. The van der Waals surface area contributed by atoms with E-state index in [4.69, 9.17) is 4.74 Å². The number of benzene rings is 1. The monoisotopic (exact) mass is 257 g/mol. The van der Waals surface area contributed by atoms with E-state index in [2.05, 4.69) is 33.9 Å². The van der Waals surface area contributed by atoms with Crippen LogP contribution < -0.4 is 9.64 Å². The molecule has 0 fully saturated rings. The molecule has 0 aliphatic carbocycles. The van der Waals surface area contributed by atoms with Crippen molar-refractivity contribution in [2.45, 2.75) is 20.4 Å². The average molecular weight is 257 g/mol. The van der Waals surface area contributed by atoms with Crippen molar-refractivity contribution in [1.29, 1.82) is 0 Å². The number of aromatic nitrogens is 2. The highest BCUT2D eigenvalue weighted by Gasteiger charge is 2.07. The molecular formula is C15H19N3O. The predicted octanol–water partition coefficient (Wildman–Crippen LogP) is 2.82. The van der Waals surface area contributed by atoms with Crippen LogP contribution >= 0.6 is 0 Å². The van der Waals surface area contributed by atoms with Crippen LogP contribution in [0, 0.1) is 6.92 Å². The minimum absolute atomic E-state index is 0.830. The van der Waals surface area contributed by atoms with Crippen LogP contribution in [-0.4, -0.2) is 23.6 Å². The molecule has 0 amide bonds. The summed E-state index contributed by atoms with van der Waals surface area (Å²) < 4.78 is 5.17. The highest BCUT2D eigenvalue weighted by molar-refractivity contribution is 5.40. The third-order valence-corrected chi connectivity index (χ3v) is 3.03. The number of nitrogens with zero attached hydrogens (tertiary/aromatic N) is 3. The van der Waals surface area contributed by atoms with Crippen molar-refractivity contribution in [3.63, 3.8) is 0 Å². The molecule has 0 aliphatic rings. The maximum absolute atomic E-state index is 5.17.